The number of nitrogens with zero attached hydrogens (tertiary/aromatic N) is 3. The molecule has 5 heteroatoms. The van der Waals surface area contributed by atoms with Crippen LogP contribution in [0.4, 0.5) is 0 Å². The number of fused-ring (bicyclic) bond motifs is 1. The van der Waals surface area contributed by atoms with E-state index in [1.807, 2.05) is 24.5 Å². The highest BCUT2D eigenvalue weighted by atomic mass is 16.5. The normalized spacial score (nSPS) is 26.0. The average Bonchev–Trinajstić information content (AvgIpc) is 3.03. The molecule has 24 heavy (non-hydrogen) atoms. The summed E-state index contributed by atoms with van der Waals surface area (Å²) >= 11 is 0. The summed E-state index contributed by atoms with van der Waals surface area (Å²) in [6.07, 6.45) is 8.15. The highest BCUT2D eigenvalue weighted by Crippen LogP contribution is 2.26. The van der Waals surface area contributed by atoms with Crippen molar-refractivity contribution in [2.45, 2.75) is 38.1 Å². The molecule has 2 aromatic heterocycles. The van der Waals surface area contributed by atoms with Gasteiger partial charge in [0, 0.05) is 44.6 Å². The van der Waals surface area contributed by atoms with E-state index < -0.39 is 0 Å². The zero-order valence-corrected chi connectivity index (χ0v) is 14.0. The molecule has 0 aliphatic carbocycles. The molecular formula is C19H25N3O2. The second-order valence-electron chi connectivity index (χ2n) is 6.74. The van der Waals surface area contributed by atoms with E-state index in [4.69, 9.17) is 9.15 Å². The standard InChI is InChI=1S/C19H25N3O2/c1-3-16(13-20-7-1)14-22-10-12-24-19-6-9-21(8-5-18(19)22)15-17-4-2-11-23-17/h1-4,7,11,13,18-19H,5-6,8-10,12,14-15H2. The number of hydrogen-bond acceptors (Lipinski definition) is 5. The number of rotatable bonds is 4. The first-order valence-electron chi connectivity index (χ1n) is 8.88. The minimum atomic E-state index is 0.344. The summed E-state index contributed by atoms with van der Waals surface area (Å²) in [7, 11) is 0. The van der Waals surface area contributed by atoms with Crippen LogP contribution in [0.5, 0.6) is 0 Å². The Hall–Kier alpha value is -1.69. The maximum absolute atomic E-state index is 6.11. The van der Waals surface area contributed by atoms with Crippen LogP contribution in [0, 0.1) is 0 Å². The zero-order valence-electron chi connectivity index (χ0n) is 14.0. The first kappa shape index (κ1) is 15.8. The van der Waals surface area contributed by atoms with E-state index in [1.165, 1.54) is 5.56 Å². The highest BCUT2D eigenvalue weighted by Gasteiger charge is 2.34. The molecule has 2 aliphatic heterocycles. The van der Waals surface area contributed by atoms with E-state index in [2.05, 4.69) is 26.9 Å². The van der Waals surface area contributed by atoms with Crippen LogP contribution in [0.25, 0.3) is 0 Å². The second kappa shape index (κ2) is 7.47. The quantitative estimate of drug-likeness (QED) is 0.863. The molecule has 0 radical (unpaired) electrons. The summed E-state index contributed by atoms with van der Waals surface area (Å²) in [4.78, 5) is 9.32. The van der Waals surface area contributed by atoms with E-state index in [9.17, 15) is 0 Å². The summed E-state index contributed by atoms with van der Waals surface area (Å²) in [5.74, 6) is 1.05. The van der Waals surface area contributed by atoms with Gasteiger partial charge in [-0.15, -0.1) is 0 Å². The summed E-state index contributed by atoms with van der Waals surface area (Å²) in [6.45, 7) is 5.87. The first-order valence-corrected chi connectivity index (χ1v) is 8.88. The summed E-state index contributed by atoms with van der Waals surface area (Å²) in [5, 5.41) is 0. The fourth-order valence-electron chi connectivity index (χ4n) is 3.92. The van der Waals surface area contributed by atoms with Crippen molar-refractivity contribution in [3.05, 3.63) is 54.2 Å². The van der Waals surface area contributed by atoms with Crippen molar-refractivity contribution in [2.75, 3.05) is 26.2 Å². The Morgan fingerprint density at radius 2 is 2.04 bits per heavy atom. The average molecular weight is 327 g/mol. The molecule has 2 fully saturated rings. The maximum Gasteiger partial charge on any atom is 0.117 e. The fraction of sp³-hybridized carbons (Fsp3) is 0.526. The number of furan rings is 1. The van der Waals surface area contributed by atoms with Gasteiger partial charge in [0.05, 0.1) is 25.5 Å². The first-order chi connectivity index (χ1) is 11.9. The van der Waals surface area contributed by atoms with Crippen molar-refractivity contribution in [2.24, 2.45) is 0 Å². The van der Waals surface area contributed by atoms with Gasteiger partial charge in [-0.3, -0.25) is 14.8 Å². The SMILES string of the molecule is c1cncc(CN2CCOC3CCN(Cc4ccco4)CCC32)c1. The Labute approximate surface area is 143 Å². The molecular weight excluding hydrogens is 302 g/mol. The maximum atomic E-state index is 6.11. The monoisotopic (exact) mass is 327 g/mol. The molecule has 0 saturated carbocycles. The fourth-order valence-corrected chi connectivity index (χ4v) is 3.92. The Balaban J connectivity index is 1.40. The molecule has 2 aromatic rings. The van der Waals surface area contributed by atoms with Crippen LogP contribution in [0.2, 0.25) is 0 Å². The van der Waals surface area contributed by atoms with Crippen LogP contribution in [0.1, 0.15) is 24.2 Å². The third kappa shape index (κ3) is 3.69. The van der Waals surface area contributed by atoms with Crippen molar-refractivity contribution >= 4 is 0 Å². The van der Waals surface area contributed by atoms with Gasteiger partial charge in [-0.1, -0.05) is 6.07 Å². The third-order valence-electron chi connectivity index (χ3n) is 5.15. The lowest BCUT2D eigenvalue weighted by Gasteiger charge is -2.40. The van der Waals surface area contributed by atoms with Crippen LogP contribution in [0.3, 0.4) is 0 Å². The Morgan fingerprint density at radius 1 is 1.08 bits per heavy atom. The zero-order chi connectivity index (χ0) is 16.2. The van der Waals surface area contributed by atoms with E-state index in [0.717, 1.165) is 57.9 Å². The molecule has 2 aliphatic rings. The third-order valence-corrected chi connectivity index (χ3v) is 5.15. The van der Waals surface area contributed by atoms with E-state index >= 15 is 0 Å². The lowest BCUT2D eigenvalue weighted by atomic mass is 10.0. The number of ether oxygens (including phenoxy) is 1. The Bertz CT molecular complexity index is 617. The molecule has 2 unspecified atom stereocenters. The number of morpholine rings is 1. The molecule has 5 nitrogen and oxygen atoms in total. The minimum Gasteiger partial charge on any atom is -0.468 e. The van der Waals surface area contributed by atoms with Gasteiger partial charge < -0.3 is 9.15 Å². The lowest BCUT2D eigenvalue weighted by Crippen LogP contribution is -2.50. The van der Waals surface area contributed by atoms with Crippen LogP contribution >= 0.6 is 0 Å². The van der Waals surface area contributed by atoms with Crippen molar-refractivity contribution < 1.29 is 9.15 Å². The molecule has 2 atom stereocenters. The van der Waals surface area contributed by atoms with Crippen molar-refractivity contribution in [1.82, 2.24) is 14.8 Å². The number of pyridine rings is 1. The molecule has 0 aromatic carbocycles. The molecule has 0 N–H and O–H groups in total. The predicted octanol–water partition coefficient (Wildman–Crippen LogP) is 2.54. The topological polar surface area (TPSA) is 41.7 Å². The van der Waals surface area contributed by atoms with Crippen molar-refractivity contribution in [3.63, 3.8) is 0 Å². The molecule has 128 valence electrons. The van der Waals surface area contributed by atoms with Crippen LogP contribution < -0.4 is 0 Å². The van der Waals surface area contributed by atoms with Crippen molar-refractivity contribution in [3.8, 4) is 0 Å². The summed E-state index contributed by atoms with van der Waals surface area (Å²) in [5.41, 5.74) is 1.29. The van der Waals surface area contributed by atoms with E-state index in [1.54, 1.807) is 6.26 Å². The molecule has 0 bridgehead atoms. The molecule has 0 amide bonds. The Kier molecular flexibility index (Phi) is 4.92. The van der Waals surface area contributed by atoms with Gasteiger partial charge in [0.2, 0.25) is 0 Å². The smallest absolute Gasteiger partial charge is 0.117 e. The second-order valence-corrected chi connectivity index (χ2v) is 6.74. The van der Waals surface area contributed by atoms with Gasteiger partial charge >= 0.3 is 0 Å². The van der Waals surface area contributed by atoms with Crippen LogP contribution in [0.15, 0.2) is 47.3 Å². The van der Waals surface area contributed by atoms with Crippen molar-refractivity contribution in [1.29, 1.82) is 0 Å². The summed E-state index contributed by atoms with van der Waals surface area (Å²) < 4.78 is 11.6. The number of likely N-dealkylation sites (tertiary alicyclic amines) is 1. The van der Waals surface area contributed by atoms with Gasteiger partial charge in [-0.2, -0.15) is 0 Å². The number of aromatic nitrogens is 1. The lowest BCUT2D eigenvalue weighted by molar-refractivity contribution is -0.0747. The molecule has 4 rings (SSSR count). The predicted molar refractivity (Wildman–Crippen MR) is 91.4 cm³/mol. The highest BCUT2D eigenvalue weighted by molar-refractivity contribution is 5.09. The van der Waals surface area contributed by atoms with E-state index in [0.29, 0.717) is 12.1 Å². The van der Waals surface area contributed by atoms with Crippen LogP contribution in [-0.2, 0) is 17.8 Å². The van der Waals surface area contributed by atoms with Gasteiger partial charge in [0.1, 0.15) is 5.76 Å². The van der Waals surface area contributed by atoms with Crippen LogP contribution in [-0.4, -0.2) is 53.2 Å². The van der Waals surface area contributed by atoms with Gasteiger partial charge in [0.25, 0.3) is 0 Å². The molecule has 4 heterocycles. The Morgan fingerprint density at radius 3 is 2.88 bits per heavy atom. The molecule has 0 spiro atoms. The summed E-state index contributed by atoms with van der Waals surface area (Å²) in [6, 6.07) is 8.71. The van der Waals surface area contributed by atoms with Gasteiger partial charge in [-0.25, -0.2) is 0 Å². The largest absolute Gasteiger partial charge is 0.468 e. The minimum absolute atomic E-state index is 0.344. The van der Waals surface area contributed by atoms with E-state index in [-0.39, 0.29) is 0 Å². The van der Waals surface area contributed by atoms with Gasteiger partial charge in [-0.05, 0) is 36.6 Å². The number of hydrogen-bond donors (Lipinski definition) is 0. The van der Waals surface area contributed by atoms with Gasteiger partial charge in [0.15, 0.2) is 0 Å². The molecule has 2 saturated heterocycles.